The Hall–Kier alpha value is -2.37. The lowest BCUT2D eigenvalue weighted by molar-refractivity contribution is -0.385. The van der Waals surface area contributed by atoms with Gasteiger partial charge in [0.25, 0.3) is 5.69 Å². The summed E-state index contributed by atoms with van der Waals surface area (Å²) in [4.78, 5) is 21.4. The van der Waals surface area contributed by atoms with E-state index in [0.717, 1.165) is 6.08 Å². The van der Waals surface area contributed by atoms with Gasteiger partial charge in [-0.15, -0.1) is 0 Å². The first kappa shape index (κ1) is 13.7. The van der Waals surface area contributed by atoms with E-state index in [9.17, 15) is 14.9 Å². The minimum Gasteiger partial charge on any atom is -0.497 e. The third kappa shape index (κ3) is 3.58. The van der Waals surface area contributed by atoms with Gasteiger partial charge in [-0.05, 0) is 25.1 Å². The predicted octanol–water partition coefficient (Wildman–Crippen LogP) is 2.18. The van der Waals surface area contributed by atoms with E-state index in [-0.39, 0.29) is 12.3 Å². The van der Waals surface area contributed by atoms with Crippen LogP contribution in [0.4, 0.5) is 5.69 Å². The number of hydrogen-bond donors (Lipinski definition) is 0. The number of methoxy groups -OCH3 is 1. The molecule has 0 aliphatic rings. The number of nitro benzene ring substituents is 1. The first-order valence-electron chi connectivity index (χ1n) is 5.25. The molecule has 0 amide bonds. The molecule has 0 atom stereocenters. The average molecular weight is 251 g/mol. The molecule has 1 aromatic carbocycles. The Labute approximate surface area is 104 Å². The van der Waals surface area contributed by atoms with Crippen LogP contribution in [0.25, 0.3) is 6.08 Å². The number of nitrogens with zero attached hydrogens (tertiary/aromatic N) is 1. The second kappa shape index (κ2) is 6.39. The molecule has 0 saturated carbocycles. The molecular weight excluding hydrogens is 238 g/mol. The molecule has 0 radical (unpaired) electrons. The SMILES string of the molecule is CCOC(=O)/C=C/c1ccc(OC)cc1[N+](=O)[O-]. The first-order valence-corrected chi connectivity index (χ1v) is 5.25. The molecule has 0 heterocycles. The van der Waals surface area contributed by atoms with Crippen LogP contribution in [0.5, 0.6) is 5.75 Å². The van der Waals surface area contributed by atoms with E-state index in [1.54, 1.807) is 13.0 Å². The maximum atomic E-state index is 11.1. The molecule has 0 saturated heterocycles. The molecule has 18 heavy (non-hydrogen) atoms. The van der Waals surface area contributed by atoms with Gasteiger partial charge in [0.05, 0.1) is 30.3 Å². The number of rotatable bonds is 5. The van der Waals surface area contributed by atoms with Crippen molar-refractivity contribution in [2.75, 3.05) is 13.7 Å². The van der Waals surface area contributed by atoms with Crippen LogP contribution in [0.15, 0.2) is 24.3 Å². The van der Waals surface area contributed by atoms with Crippen LogP contribution < -0.4 is 4.74 Å². The van der Waals surface area contributed by atoms with E-state index in [2.05, 4.69) is 4.74 Å². The van der Waals surface area contributed by atoms with Gasteiger partial charge in [0.2, 0.25) is 0 Å². The Morgan fingerprint density at radius 3 is 2.78 bits per heavy atom. The molecule has 6 heteroatoms. The summed E-state index contributed by atoms with van der Waals surface area (Å²) in [5, 5.41) is 10.9. The highest BCUT2D eigenvalue weighted by Gasteiger charge is 2.13. The Morgan fingerprint density at radius 2 is 2.22 bits per heavy atom. The number of esters is 1. The molecule has 96 valence electrons. The van der Waals surface area contributed by atoms with Crippen molar-refractivity contribution >= 4 is 17.7 Å². The van der Waals surface area contributed by atoms with Gasteiger partial charge in [0, 0.05) is 6.08 Å². The molecule has 0 fully saturated rings. The minimum absolute atomic E-state index is 0.130. The van der Waals surface area contributed by atoms with Crippen molar-refractivity contribution in [2.45, 2.75) is 6.92 Å². The Balaban J connectivity index is 3.01. The van der Waals surface area contributed by atoms with Gasteiger partial charge in [0.15, 0.2) is 0 Å². The van der Waals surface area contributed by atoms with Crippen LogP contribution in [-0.2, 0) is 9.53 Å². The average Bonchev–Trinajstić information content (AvgIpc) is 2.36. The van der Waals surface area contributed by atoms with Crippen LogP contribution in [0, 0.1) is 10.1 Å². The normalized spacial score (nSPS) is 10.3. The van der Waals surface area contributed by atoms with Crippen LogP contribution in [0.3, 0.4) is 0 Å². The standard InChI is InChI=1S/C12H13NO5/c1-3-18-12(14)7-5-9-4-6-10(17-2)8-11(9)13(15)16/h4-8H,3H2,1-2H3/b7-5+. The summed E-state index contributed by atoms with van der Waals surface area (Å²) in [6, 6.07) is 4.38. The van der Waals surface area contributed by atoms with Gasteiger partial charge in [-0.2, -0.15) is 0 Å². The molecule has 0 aliphatic heterocycles. The summed E-state index contributed by atoms with van der Waals surface area (Å²) < 4.78 is 9.59. The monoisotopic (exact) mass is 251 g/mol. The summed E-state index contributed by atoms with van der Waals surface area (Å²) in [7, 11) is 1.42. The Kier molecular flexibility index (Phi) is 4.86. The highest BCUT2D eigenvalue weighted by atomic mass is 16.6. The summed E-state index contributed by atoms with van der Waals surface area (Å²) >= 11 is 0. The molecule has 0 spiro atoms. The number of benzene rings is 1. The van der Waals surface area contributed by atoms with Crippen molar-refractivity contribution in [1.29, 1.82) is 0 Å². The zero-order valence-electron chi connectivity index (χ0n) is 10.1. The highest BCUT2D eigenvalue weighted by molar-refractivity contribution is 5.88. The van der Waals surface area contributed by atoms with Gasteiger partial charge >= 0.3 is 5.97 Å². The Bertz CT molecular complexity index is 481. The first-order chi connectivity index (χ1) is 8.58. The van der Waals surface area contributed by atoms with E-state index in [1.165, 1.54) is 25.3 Å². The van der Waals surface area contributed by atoms with Gasteiger partial charge in [-0.3, -0.25) is 10.1 Å². The largest absolute Gasteiger partial charge is 0.497 e. The molecular formula is C12H13NO5. The van der Waals surface area contributed by atoms with Crippen molar-refractivity contribution in [1.82, 2.24) is 0 Å². The molecule has 6 nitrogen and oxygen atoms in total. The van der Waals surface area contributed by atoms with Gasteiger partial charge in [0.1, 0.15) is 5.75 Å². The molecule has 1 aromatic rings. The zero-order chi connectivity index (χ0) is 13.5. The van der Waals surface area contributed by atoms with E-state index < -0.39 is 10.9 Å². The number of carbonyl (C=O) groups excluding carboxylic acids is 1. The van der Waals surface area contributed by atoms with E-state index >= 15 is 0 Å². The van der Waals surface area contributed by atoms with Gasteiger partial charge in [-0.1, -0.05) is 0 Å². The fraction of sp³-hybridized carbons (Fsp3) is 0.250. The fourth-order valence-electron chi connectivity index (χ4n) is 1.30. The van der Waals surface area contributed by atoms with Crippen LogP contribution in [0.2, 0.25) is 0 Å². The van der Waals surface area contributed by atoms with E-state index in [4.69, 9.17) is 4.74 Å². The molecule has 0 N–H and O–H groups in total. The maximum absolute atomic E-state index is 11.1. The maximum Gasteiger partial charge on any atom is 0.330 e. The van der Waals surface area contributed by atoms with Crippen molar-refractivity contribution in [3.05, 3.63) is 40.0 Å². The number of ether oxygens (including phenoxy) is 2. The van der Waals surface area contributed by atoms with E-state index in [1.807, 2.05) is 0 Å². The van der Waals surface area contributed by atoms with Crippen molar-refractivity contribution < 1.29 is 19.2 Å². The summed E-state index contributed by atoms with van der Waals surface area (Å²) in [5.74, 6) is -0.155. The van der Waals surface area contributed by atoms with E-state index in [0.29, 0.717) is 11.3 Å². The highest BCUT2D eigenvalue weighted by Crippen LogP contribution is 2.25. The van der Waals surface area contributed by atoms with Crippen LogP contribution in [0.1, 0.15) is 12.5 Å². The Morgan fingerprint density at radius 1 is 1.50 bits per heavy atom. The van der Waals surface area contributed by atoms with Crippen LogP contribution >= 0.6 is 0 Å². The summed E-state index contributed by atoms with van der Waals surface area (Å²) in [5.41, 5.74) is 0.184. The van der Waals surface area contributed by atoms with Gasteiger partial charge in [-0.25, -0.2) is 4.79 Å². The van der Waals surface area contributed by atoms with Crippen molar-refractivity contribution in [3.63, 3.8) is 0 Å². The van der Waals surface area contributed by atoms with Crippen LogP contribution in [-0.4, -0.2) is 24.6 Å². The molecule has 0 unspecified atom stereocenters. The zero-order valence-corrected chi connectivity index (χ0v) is 10.1. The third-order valence-corrected chi connectivity index (χ3v) is 2.12. The molecule has 0 bridgehead atoms. The predicted molar refractivity (Wildman–Crippen MR) is 65.3 cm³/mol. The number of hydrogen-bond acceptors (Lipinski definition) is 5. The lowest BCUT2D eigenvalue weighted by atomic mass is 10.1. The second-order valence-electron chi connectivity index (χ2n) is 3.27. The number of carbonyl (C=O) groups is 1. The number of nitro groups is 1. The topological polar surface area (TPSA) is 78.7 Å². The quantitative estimate of drug-likeness (QED) is 0.347. The lowest BCUT2D eigenvalue weighted by Crippen LogP contribution is -1.99. The fourth-order valence-corrected chi connectivity index (χ4v) is 1.30. The van der Waals surface area contributed by atoms with Gasteiger partial charge < -0.3 is 9.47 Å². The molecule has 0 aliphatic carbocycles. The second-order valence-corrected chi connectivity index (χ2v) is 3.27. The van der Waals surface area contributed by atoms with Crippen molar-refractivity contribution in [3.8, 4) is 5.75 Å². The third-order valence-electron chi connectivity index (χ3n) is 2.12. The smallest absolute Gasteiger partial charge is 0.330 e. The molecule has 1 rings (SSSR count). The summed E-state index contributed by atoms with van der Waals surface area (Å²) in [6.07, 6.45) is 2.49. The van der Waals surface area contributed by atoms with Crippen molar-refractivity contribution in [2.24, 2.45) is 0 Å². The molecule has 0 aromatic heterocycles. The minimum atomic E-state index is -0.539. The summed E-state index contributed by atoms with van der Waals surface area (Å²) in [6.45, 7) is 1.94. The lowest BCUT2D eigenvalue weighted by Gasteiger charge is -2.02.